The van der Waals surface area contributed by atoms with Crippen LogP contribution >= 0.6 is 0 Å². The maximum absolute atomic E-state index is 14.2. The molecule has 5 nitrogen and oxygen atoms in total. The van der Waals surface area contributed by atoms with Gasteiger partial charge in [-0.1, -0.05) is 29.7 Å². The number of amides is 1. The molecule has 144 valence electrons. The summed E-state index contributed by atoms with van der Waals surface area (Å²) in [5.74, 6) is -2.68. The van der Waals surface area contributed by atoms with Crippen molar-refractivity contribution in [1.82, 2.24) is 14.9 Å². The van der Waals surface area contributed by atoms with Crippen molar-refractivity contribution in [1.29, 1.82) is 0 Å². The number of benzene rings is 2. The van der Waals surface area contributed by atoms with E-state index in [2.05, 4.69) is 9.97 Å². The molecule has 1 fully saturated rings. The van der Waals surface area contributed by atoms with E-state index in [1.54, 1.807) is 26.8 Å². The lowest BCUT2D eigenvalue weighted by Crippen LogP contribution is -2.38. The zero-order chi connectivity index (χ0) is 20.3. The van der Waals surface area contributed by atoms with Crippen molar-refractivity contribution in [3.05, 3.63) is 36.2 Å². The molecule has 1 aromatic heterocycles. The molecule has 8 heteroatoms. The average Bonchev–Trinajstić information content (AvgIpc) is 3.13. The number of aromatic nitrogens is 2. The second-order valence-corrected chi connectivity index (χ2v) is 8.25. The topological polar surface area (TPSA) is 58.2 Å². The molecule has 2 aromatic carbocycles. The fourth-order valence-electron chi connectivity index (χ4n) is 3.57. The molecule has 1 aliphatic rings. The number of likely N-dealkylation sites (tertiary alicyclic amines) is 1. The number of aromatic amines is 1. The Morgan fingerprint density at radius 3 is 2.79 bits per heavy atom. The maximum atomic E-state index is 14.2. The van der Waals surface area contributed by atoms with Gasteiger partial charge in [0.15, 0.2) is 0 Å². The molecular formula is C20H20BF2N3O2. The summed E-state index contributed by atoms with van der Waals surface area (Å²) in [5.41, 5.74) is 1.23. The summed E-state index contributed by atoms with van der Waals surface area (Å²) in [7, 11) is 5.83. The quantitative estimate of drug-likeness (QED) is 0.650. The lowest BCUT2D eigenvalue weighted by Gasteiger charge is -2.27. The Morgan fingerprint density at radius 1 is 1.32 bits per heavy atom. The van der Waals surface area contributed by atoms with E-state index in [0.717, 1.165) is 15.7 Å². The second-order valence-electron chi connectivity index (χ2n) is 8.25. The van der Waals surface area contributed by atoms with E-state index in [4.69, 9.17) is 12.6 Å². The number of hydrogen-bond donors (Lipinski definition) is 1. The van der Waals surface area contributed by atoms with E-state index in [0.29, 0.717) is 22.3 Å². The molecule has 28 heavy (non-hydrogen) atoms. The molecule has 3 aromatic rings. The predicted molar refractivity (Wildman–Crippen MR) is 104 cm³/mol. The van der Waals surface area contributed by atoms with Gasteiger partial charge in [-0.15, -0.1) is 0 Å². The summed E-state index contributed by atoms with van der Waals surface area (Å²) < 4.78 is 33.7. The van der Waals surface area contributed by atoms with Crippen LogP contribution in [0.15, 0.2) is 30.3 Å². The highest BCUT2D eigenvalue weighted by atomic mass is 19.3. The summed E-state index contributed by atoms with van der Waals surface area (Å²) in [6, 6.07) is 8.30. The first-order chi connectivity index (χ1) is 13.0. The largest absolute Gasteiger partial charge is 0.444 e. The molecule has 2 heterocycles. The van der Waals surface area contributed by atoms with Crippen LogP contribution in [0.1, 0.15) is 39.1 Å². The number of rotatable bonds is 1. The lowest BCUT2D eigenvalue weighted by molar-refractivity contribution is -0.00248. The van der Waals surface area contributed by atoms with Crippen molar-refractivity contribution in [3.8, 4) is 0 Å². The van der Waals surface area contributed by atoms with Crippen LogP contribution in [-0.2, 0) is 4.74 Å². The van der Waals surface area contributed by atoms with Gasteiger partial charge in [-0.25, -0.2) is 18.6 Å². The standard InChI is InChI=1S/C20H20BF2N3O2/c1-19(2,3)28-18(27)26-10-20(22,23)9-15(26)17-24-14-7-4-11-8-12(21)5-6-13(11)16(14)25-17/h4-8,15H,9-10H2,1-3H3,(H,24,25)/t15-/m0/s1. The van der Waals surface area contributed by atoms with Crippen molar-refractivity contribution in [2.45, 2.75) is 44.8 Å². The Bertz CT molecular complexity index is 1070. The lowest BCUT2D eigenvalue weighted by atomic mass is 9.93. The number of nitrogens with one attached hydrogen (secondary N) is 1. The average molecular weight is 383 g/mol. The Kier molecular flexibility index (Phi) is 4.14. The van der Waals surface area contributed by atoms with Gasteiger partial charge in [-0.3, -0.25) is 4.90 Å². The van der Waals surface area contributed by atoms with E-state index in [-0.39, 0.29) is 0 Å². The number of hydrogen-bond acceptors (Lipinski definition) is 3. The van der Waals surface area contributed by atoms with E-state index in [9.17, 15) is 13.6 Å². The normalized spacial score (nSPS) is 19.5. The SMILES string of the molecule is [B]c1ccc2c(ccc3[nH]c([C@@H]4CC(F)(F)CN4C(=O)OC(C)(C)C)nc32)c1. The Hall–Kier alpha value is -2.64. The molecule has 0 bridgehead atoms. The Labute approximate surface area is 162 Å². The summed E-state index contributed by atoms with van der Waals surface area (Å²) in [4.78, 5) is 21.2. The molecule has 1 atom stereocenters. The van der Waals surface area contributed by atoms with Crippen molar-refractivity contribution >= 4 is 41.2 Å². The molecule has 0 aliphatic carbocycles. The molecule has 0 unspecified atom stereocenters. The van der Waals surface area contributed by atoms with E-state index in [1.807, 2.05) is 24.3 Å². The molecular weight excluding hydrogens is 363 g/mol. The number of ether oxygens (including phenoxy) is 1. The van der Waals surface area contributed by atoms with Crippen molar-refractivity contribution in [2.24, 2.45) is 0 Å². The van der Waals surface area contributed by atoms with Gasteiger partial charge in [0.1, 0.15) is 19.3 Å². The fourth-order valence-corrected chi connectivity index (χ4v) is 3.57. The fraction of sp³-hybridized carbons (Fsp3) is 0.400. The molecule has 2 radical (unpaired) electrons. The summed E-state index contributed by atoms with van der Waals surface area (Å²) in [6.07, 6.45) is -1.27. The first-order valence-corrected chi connectivity index (χ1v) is 9.08. The van der Waals surface area contributed by atoms with Crippen LogP contribution in [0.2, 0.25) is 0 Å². The molecule has 4 rings (SSSR count). The first kappa shape index (κ1) is 18.7. The summed E-state index contributed by atoms with van der Waals surface area (Å²) >= 11 is 0. The van der Waals surface area contributed by atoms with Gasteiger partial charge < -0.3 is 9.72 Å². The zero-order valence-electron chi connectivity index (χ0n) is 15.9. The number of imidazole rings is 1. The minimum atomic E-state index is -3.00. The van der Waals surface area contributed by atoms with Crippen LogP contribution in [0.3, 0.4) is 0 Å². The van der Waals surface area contributed by atoms with Gasteiger partial charge in [0.2, 0.25) is 0 Å². The van der Waals surface area contributed by atoms with Gasteiger partial charge in [0, 0.05) is 11.8 Å². The summed E-state index contributed by atoms with van der Waals surface area (Å²) in [5, 5.41) is 1.77. The van der Waals surface area contributed by atoms with Crippen LogP contribution in [0, 0.1) is 0 Å². The number of H-pyrrole nitrogens is 1. The predicted octanol–water partition coefficient (Wildman–Crippen LogP) is 3.83. The monoisotopic (exact) mass is 383 g/mol. The molecule has 1 aliphatic heterocycles. The third kappa shape index (κ3) is 3.43. The van der Waals surface area contributed by atoms with Gasteiger partial charge >= 0.3 is 6.09 Å². The van der Waals surface area contributed by atoms with Gasteiger partial charge in [-0.2, -0.15) is 0 Å². The minimum absolute atomic E-state index is 0.322. The minimum Gasteiger partial charge on any atom is -0.444 e. The number of nitrogens with zero attached hydrogens (tertiary/aromatic N) is 2. The molecule has 1 amide bonds. The van der Waals surface area contributed by atoms with Gasteiger partial charge in [0.25, 0.3) is 5.92 Å². The van der Waals surface area contributed by atoms with Crippen molar-refractivity contribution in [2.75, 3.05) is 6.54 Å². The Morgan fingerprint density at radius 2 is 2.07 bits per heavy atom. The number of carbonyl (C=O) groups excluding carboxylic acids is 1. The van der Waals surface area contributed by atoms with E-state index in [1.165, 1.54) is 0 Å². The maximum Gasteiger partial charge on any atom is 0.411 e. The number of alkyl halides is 2. The van der Waals surface area contributed by atoms with Gasteiger partial charge in [0.05, 0.1) is 23.6 Å². The van der Waals surface area contributed by atoms with Crippen LogP contribution < -0.4 is 5.46 Å². The van der Waals surface area contributed by atoms with Crippen LogP contribution in [0.4, 0.5) is 13.6 Å². The number of carbonyl (C=O) groups is 1. The first-order valence-electron chi connectivity index (χ1n) is 9.08. The van der Waals surface area contributed by atoms with Gasteiger partial charge in [-0.05, 0) is 32.2 Å². The number of fused-ring (bicyclic) bond motifs is 3. The smallest absolute Gasteiger partial charge is 0.411 e. The molecule has 0 saturated carbocycles. The van der Waals surface area contributed by atoms with E-state index < -0.39 is 36.6 Å². The van der Waals surface area contributed by atoms with E-state index >= 15 is 0 Å². The van der Waals surface area contributed by atoms with Crippen LogP contribution in [0.5, 0.6) is 0 Å². The highest BCUT2D eigenvalue weighted by molar-refractivity contribution is 6.33. The highest BCUT2D eigenvalue weighted by Crippen LogP contribution is 2.41. The van der Waals surface area contributed by atoms with Crippen LogP contribution in [0.25, 0.3) is 21.8 Å². The molecule has 1 N–H and O–H groups in total. The molecule has 0 spiro atoms. The third-order valence-electron chi connectivity index (χ3n) is 4.72. The van der Waals surface area contributed by atoms with Crippen molar-refractivity contribution < 1.29 is 18.3 Å². The highest BCUT2D eigenvalue weighted by Gasteiger charge is 2.50. The third-order valence-corrected chi connectivity index (χ3v) is 4.72. The second kappa shape index (κ2) is 6.19. The summed E-state index contributed by atoms with van der Waals surface area (Å²) in [6.45, 7) is 4.41. The van der Waals surface area contributed by atoms with Crippen LogP contribution in [-0.4, -0.2) is 46.9 Å². The molecule has 1 saturated heterocycles. The number of halogens is 2. The Balaban J connectivity index is 1.76. The zero-order valence-corrected chi connectivity index (χ0v) is 15.9. The van der Waals surface area contributed by atoms with Crippen molar-refractivity contribution in [3.63, 3.8) is 0 Å².